The molecule has 0 bridgehead atoms. The predicted octanol–water partition coefficient (Wildman–Crippen LogP) is 1.20. The highest BCUT2D eigenvalue weighted by Gasteiger charge is 2.04. The van der Waals surface area contributed by atoms with Crippen molar-refractivity contribution in [3.63, 3.8) is 0 Å². The molecule has 0 aliphatic carbocycles. The third-order valence-electron chi connectivity index (χ3n) is 1.64. The zero-order valence-electron chi connectivity index (χ0n) is 7.23. The number of hydrogen-bond donors (Lipinski definition) is 1. The van der Waals surface area contributed by atoms with Gasteiger partial charge in [-0.15, -0.1) is 0 Å². The molecule has 0 spiro atoms. The molecule has 0 saturated carbocycles. The van der Waals surface area contributed by atoms with E-state index in [1.165, 1.54) is 0 Å². The van der Waals surface area contributed by atoms with E-state index < -0.39 is 0 Å². The van der Waals surface area contributed by atoms with Gasteiger partial charge in [0.25, 0.3) is 0 Å². The van der Waals surface area contributed by atoms with Crippen molar-refractivity contribution < 1.29 is 4.74 Å². The van der Waals surface area contributed by atoms with Crippen molar-refractivity contribution in [1.29, 1.82) is 0 Å². The summed E-state index contributed by atoms with van der Waals surface area (Å²) < 4.78 is 5.48. The summed E-state index contributed by atoms with van der Waals surface area (Å²) in [5.74, 6) is 0.648. The monoisotopic (exact) mass is 166 g/mol. The minimum absolute atomic E-state index is 0.0832. The van der Waals surface area contributed by atoms with E-state index in [1.54, 1.807) is 6.20 Å². The molecule has 0 fully saturated rings. The maximum atomic E-state index is 5.48. The van der Waals surface area contributed by atoms with Crippen LogP contribution in [-0.4, -0.2) is 17.6 Å². The van der Waals surface area contributed by atoms with Gasteiger partial charge < -0.3 is 10.5 Å². The van der Waals surface area contributed by atoms with E-state index in [9.17, 15) is 0 Å². The summed E-state index contributed by atoms with van der Waals surface area (Å²) in [6, 6.07) is 5.58. The molecule has 66 valence electrons. The van der Waals surface area contributed by atoms with Crippen LogP contribution in [0.15, 0.2) is 24.4 Å². The van der Waals surface area contributed by atoms with Gasteiger partial charge in [-0.05, 0) is 12.5 Å². The number of nitrogens with two attached hydrogens (primary N) is 1. The van der Waals surface area contributed by atoms with Crippen molar-refractivity contribution in [2.75, 3.05) is 6.54 Å². The Kier molecular flexibility index (Phi) is 3.54. The van der Waals surface area contributed by atoms with Gasteiger partial charge in [0, 0.05) is 18.8 Å². The molecule has 0 saturated heterocycles. The molecule has 3 nitrogen and oxygen atoms in total. The Balaban J connectivity index is 2.51. The Morgan fingerprint density at radius 2 is 2.42 bits per heavy atom. The van der Waals surface area contributed by atoms with E-state index in [4.69, 9.17) is 10.5 Å². The molecule has 1 atom stereocenters. The summed E-state index contributed by atoms with van der Waals surface area (Å²) >= 11 is 0. The molecule has 0 unspecified atom stereocenters. The summed E-state index contributed by atoms with van der Waals surface area (Å²) in [5, 5.41) is 0. The lowest BCUT2D eigenvalue weighted by Crippen LogP contribution is -2.25. The predicted molar refractivity (Wildman–Crippen MR) is 48.0 cm³/mol. The number of nitrogens with zero attached hydrogens (tertiary/aromatic N) is 1. The highest BCUT2D eigenvalue weighted by molar-refractivity contribution is 5.09. The van der Waals surface area contributed by atoms with E-state index >= 15 is 0 Å². The first kappa shape index (κ1) is 9.00. The molecule has 1 aromatic heterocycles. The van der Waals surface area contributed by atoms with Gasteiger partial charge in [-0.3, -0.25) is 0 Å². The molecular weight excluding hydrogens is 152 g/mol. The second-order valence-electron chi connectivity index (χ2n) is 2.55. The van der Waals surface area contributed by atoms with Crippen LogP contribution < -0.4 is 10.5 Å². The standard InChI is InChI=1S/C9H14N2O/c1-2-8(7-10)12-9-5-3-4-6-11-9/h3-6,8H,2,7,10H2,1H3/t8-/m0/s1. The smallest absolute Gasteiger partial charge is 0.213 e. The van der Waals surface area contributed by atoms with Crippen LogP contribution in [-0.2, 0) is 0 Å². The van der Waals surface area contributed by atoms with Crippen LogP contribution in [0.4, 0.5) is 0 Å². The van der Waals surface area contributed by atoms with Crippen LogP contribution in [0.5, 0.6) is 5.88 Å². The number of pyridine rings is 1. The van der Waals surface area contributed by atoms with Crippen molar-refractivity contribution in [3.05, 3.63) is 24.4 Å². The largest absolute Gasteiger partial charge is 0.473 e. The molecule has 0 amide bonds. The van der Waals surface area contributed by atoms with Gasteiger partial charge in [-0.1, -0.05) is 13.0 Å². The van der Waals surface area contributed by atoms with Crippen molar-refractivity contribution in [3.8, 4) is 5.88 Å². The Labute approximate surface area is 72.6 Å². The summed E-state index contributed by atoms with van der Waals surface area (Å²) in [5.41, 5.74) is 5.48. The molecule has 2 N–H and O–H groups in total. The summed E-state index contributed by atoms with van der Waals surface area (Å²) in [7, 11) is 0. The molecule has 0 aromatic carbocycles. The zero-order valence-corrected chi connectivity index (χ0v) is 7.23. The van der Waals surface area contributed by atoms with Crippen molar-refractivity contribution in [1.82, 2.24) is 4.98 Å². The molecule has 0 radical (unpaired) electrons. The van der Waals surface area contributed by atoms with E-state index in [-0.39, 0.29) is 6.10 Å². The molecule has 12 heavy (non-hydrogen) atoms. The Morgan fingerprint density at radius 3 is 2.92 bits per heavy atom. The fourth-order valence-corrected chi connectivity index (χ4v) is 0.886. The van der Waals surface area contributed by atoms with Crippen molar-refractivity contribution in [2.45, 2.75) is 19.4 Å². The Morgan fingerprint density at radius 1 is 1.58 bits per heavy atom. The molecule has 1 heterocycles. The molecule has 1 aromatic rings. The number of rotatable bonds is 4. The highest BCUT2D eigenvalue weighted by atomic mass is 16.5. The minimum Gasteiger partial charge on any atom is -0.473 e. The summed E-state index contributed by atoms with van der Waals surface area (Å²) in [6.45, 7) is 2.58. The van der Waals surface area contributed by atoms with Crippen LogP contribution >= 0.6 is 0 Å². The second-order valence-corrected chi connectivity index (χ2v) is 2.55. The molecule has 0 aliphatic rings. The first-order chi connectivity index (χ1) is 5.86. The van der Waals surface area contributed by atoms with Crippen molar-refractivity contribution in [2.24, 2.45) is 5.73 Å². The van der Waals surface area contributed by atoms with Gasteiger partial charge in [0.2, 0.25) is 5.88 Å². The molecular formula is C9H14N2O. The van der Waals surface area contributed by atoms with Gasteiger partial charge in [0.15, 0.2) is 0 Å². The van der Waals surface area contributed by atoms with E-state index in [0.717, 1.165) is 6.42 Å². The third-order valence-corrected chi connectivity index (χ3v) is 1.64. The lowest BCUT2D eigenvalue weighted by molar-refractivity contribution is 0.197. The fourth-order valence-electron chi connectivity index (χ4n) is 0.886. The van der Waals surface area contributed by atoms with E-state index in [0.29, 0.717) is 12.4 Å². The average Bonchev–Trinajstić information content (AvgIpc) is 2.16. The highest BCUT2D eigenvalue weighted by Crippen LogP contribution is 2.07. The first-order valence-electron chi connectivity index (χ1n) is 4.14. The van der Waals surface area contributed by atoms with Crippen LogP contribution in [0.25, 0.3) is 0 Å². The Bertz CT molecular complexity index is 209. The van der Waals surface area contributed by atoms with E-state index in [2.05, 4.69) is 4.98 Å². The van der Waals surface area contributed by atoms with Gasteiger partial charge in [0.1, 0.15) is 6.10 Å². The lowest BCUT2D eigenvalue weighted by Gasteiger charge is -2.13. The molecule has 0 aliphatic heterocycles. The average molecular weight is 166 g/mol. The topological polar surface area (TPSA) is 48.1 Å². The number of aromatic nitrogens is 1. The first-order valence-corrected chi connectivity index (χ1v) is 4.14. The maximum Gasteiger partial charge on any atom is 0.213 e. The summed E-state index contributed by atoms with van der Waals surface area (Å²) in [6.07, 6.45) is 2.70. The van der Waals surface area contributed by atoms with Crippen LogP contribution in [0, 0.1) is 0 Å². The maximum absolute atomic E-state index is 5.48. The zero-order chi connectivity index (χ0) is 8.81. The van der Waals surface area contributed by atoms with Gasteiger partial charge in [-0.2, -0.15) is 0 Å². The molecule has 3 heteroatoms. The molecule has 1 rings (SSSR count). The SMILES string of the molecule is CC[C@@H](CN)Oc1ccccn1. The van der Waals surface area contributed by atoms with Crippen LogP contribution in [0.3, 0.4) is 0 Å². The second kappa shape index (κ2) is 4.72. The van der Waals surface area contributed by atoms with Gasteiger partial charge in [0.05, 0.1) is 0 Å². The van der Waals surface area contributed by atoms with Crippen LogP contribution in [0.1, 0.15) is 13.3 Å². The number of hydrogen-bond acceptors (Lipinski definition) is 3. The van der Waals surface area contributed by atoms with E-state index in [1.807, 2.05) is 25.1 Å². The van der Waals surface area contributed by atoms with Gasteiger partial charge in [-0.25, -0.2) is 4.98 Å². The quantitative estimate of drug-likeness (QED) is 0.731. The number of ether oxygens (including phenoxy) is 1. The van der Waals surface area contributed by atoms with Crippen LogP contribution in [0.2, 0.25) is 0 Å². The fraction of sp³-hybridized carbons (Fsp3) is 0.444. The lowest BCUT2D eigenvalue weighted by atomic mass is 10.3. The van der Waals surface area contributed by atoms with Crippen molar-refractivity contribution >= 4 is 0 Å². The Hall–Kier alpha value is -1.09. The normalized spacial score (nSPS) is 12.5. The summed E-state index contributed by atoms with van der Waals surface area (Å²) in [4.78, 5) is 4.04. The van der Waals surface area contributed by atoms with Gasteiger partial charge >= 0.3 is 0 Å². The minimum atomic E-state index is 0.0832. The third kappa shape index (κ3) is 2.51.